The lowest BCUT2D eigenvalue weighted by molar-refractivity contribution is 0.0176. The van der Waals surface area contributed by atoms with Crippen molar-refractivity contribution in [2.24, 2.45) is 15.7 Å². The second-order valence-corrected chi connectivity index (χ2v) is 12.0. The maximum Gasteiger partial charge on any atom is 0.144 e. The molecular weight excluding hydrogens is 410 g/mol. The fourth-order valence-electron chi connectivity index (χ4n) is 5.00. The Morgan fingerprint density at radius 2 is 1.96 bits per heavy atom. The predicted octanol–water partition coefficient (Wildman–Crippen LogP) is 5.20. The number of fused-ring (bicyclic) bond motifs is 4. The molecule has 0 amide bonds. The molecule has 3 nitrogen and oxygen atoms in total. The second-order valence-electron chi connectivity index (χ2n) is 9.15. The van der Waals surface area contributed by atoms with E-state index in [0.717, 1.165) is 23.7 Å². The summed E-state index contributed by atoms with van der Waals surface area (Å²) in [5.41, 5.74) is 4.32. The molecule has 5 heteroatoms. The van der Waals surface area contributed by atoms with Crippen molar-refractivity contribution in [2.45, 2.75) is 69.6 Å². The summed E-state index contributed by atoms with van der Waals surface area (Å²) in [6, 6.07) is 6.68. The van der Waals surface area contributed by atoms with Gasteiger partial charge in [0.25, 0.3) is 0 Å². The van der Waals surface area contributed by atoms with E-state index < -0.39 is 11.0 Å². The Bertz CT molecular complexity index is 775. The maximum atomic E-state index is 12.7. The Kier molecular flexibility index (Phi) is 4.72. The van der Waals surface area contributed by atoms with Crippen molar-refractivity contribution in [1.82, 2.24) is 0 Å². The first-order chi connectivity index (χ1) is 12.2. The van der Waals surface area contributed by atoms with Gasteiger partial charge in [0, 0.05) is 29.1 Å². The molecule has 3 unspecified atom stereocenters. The quantitative estimate of drug-likeness (QED) is 0.637. The average molecular weight is 438 g/mol. The van der Waals surface area contributed by atoms with Gasteiger partial charge in [0.1, 0.15) is 11.0 Å². The third-order valence-electron chi connectivity index (χ3n) is 6.48. The number of methoxy groups -OCH3 is 1. The zero-order chi connectivity index (χ0) is 18.7. The topological polar surface area (TPSA) is 38.7 Å². The highest BCUT2D eigenvalue weighted by molar-refractivity contribution is 9.10. The largest absolute Gasteiger partial charge is 0.381 e. The summed E-state index contributed by atoms with van der Waals surface area (Å²) < 4.78 is 23.9. The van der Waals surface area contributed by atoms with Crippen LogP contribution in [0.3, 0.4) is 0 Å². The Balaban J connectivity index is 1.72. The Hall–Kier alpha value is -0.520. The van der Waals surface area contributed by atoms with E-state index >= 15 is 0 Å². The zero-order valence-electron chi connectivity index (χ0n) is 16.0. The molecule has 2 fully saturated rings. The molecule has 1 spiro atoms. The summed E-state index contributed by atoms with van der Waals surface area (Å²) in [6.45, 7) is 6.01. The van der Waals surface area contributed by atoms with Gasteiger partial charge in [-0.1, -0.05) is 22.0 Å². The number of ether oxygens (including phenoxy) is 1. The zero-order valence-corrected chi connectivity index (χ0v) is 18.5. The summed E-state index contributed by atoms with van der Waals surface area (Å²) >= 11 is 3.63. The van der Waals surface area contributed by atoms with E-state index in [1.807, 2.05) is 27.9 Å². The maximum absolute atomic E-state index is 12.7. The van der Waals surface area contributed by atoms with E-state index in [4.69, 9.17) is 9.13 Å². The summed E-state index contributed by atoms with van der Waals surface area (Å²) in [5, 5.41) is 0. The van der Waals surface area contributed by atoms with Crippen molar-refractivity contribution < 1.29 is 8.95 Å². The van der Waals surface area contributed by atoms with Crippen LogP contribution in [0.5, 0.6) is 0 Å². The van der Waals surface area contributed by atoms with Crippen LogP contribution in [0.4, 0.5) is 0 Å². The van der Waals surface area contributed by atoms with Crippen LogP contribution in [0.2, 0.25) is 0 Å². The van der Waals surface area contributed by atoms with Gasteiger partial charge in [0.05, 0.1) is 10.9 Å². The number of halogens is 1. The second kappa shape index (κ2) is 6.52. The molecule has 1 aromatic carbocycles. The lowest BCUT2D eigenvalue weighted by atomic mass is 9.63. The van der Waals surface area contributed by atoms with Crippen LogP contribution in [0.1, 0.15) is 63.5 Å². The molecule has 3 atom stereocenters. The monoisotopic (exact) mass is 437 g/mol. The number of hydrogen-bond acceptors (Lipinski definition) is 2. The first-order valence-electron chi connectivity index (χ1n) is 9.57. The van der Waals surface area contributed by atoms with Crippen LogP contribution in [0.25, 0.3) is 0 Å². The minimum atomic E-state index is -1.18. The fourth-order valence-corrected chi connectivity index (χ4v) is 6.07. The van der Waals surface area contributed by atoms with Crippen LogP contribution in [0, 0.1) is 11.3 Å². The van der Waals surface area contributed by atoms with Crippen molar-refractivity contribution in [3.63, 3.8) is 0 Å². The smallest absolute Gasteiger partial charge is 0.144 e. The summed E-state index contributed by atoms with van der Waals surface area (Å²) in [6.07, 6.45) is 6.14. The van der Waals surface area contributed by atoms with Crippen LogP contribution < -0.4 is 0 Å². The summed E-state index contributed by atoms with van der Waals surface area (Å²) in [7, 11) is 0.647. The van der Waals surface area contributed by atoms with Crippen LogP contribution in [-0.2, 0) is 22.1 Å². The highest BCUT2D eigenvalue weighted by Crippen LogP contribution is 2.65. The first kappa shape index (κ1) is 18.8. The fraction of sp³-hybridized carbons (Fsp3) is 0.667. The number of rotatable bonds is 2. The molecule has 26 heavy (non-hydrogen) atoms. The standard InChI is InChI=1S/C21H28BrNO2S/c1-20(2,3)26(24)23-19-17-16-11-14(22)6-5-13(16)12-21(18(17)19)9-7-15(25-4)8-10-21/h5-6,11,15,17-18H,7-10,12H2,1-4H3. The van der Waals surface area contributed by atoms with Gasteiger partial charge in [-0.2, -0.15) is 4.40 Å². The molecule has 3 aliphatic carbocycles. The third-order valence-corrected chi connectivity index (χ3v) is 8.40. The molecule has 4 rings (SSSR count). The van der Waals surface area contributed by atoms with E-state index in [1.54, 1.807) is 0 Å². The van der Waals surface area contributed by atoms with E-state index in [2.05, 4.69) is 34.1 Å². The summed E-state index contributed by atoms with van der Waals surface area (Å²) in [5.74, 6) is 0.829. The van der Waals surface area contributed by atoms with Gasteiger partial charge >= 0.3 is 0 Å². The number of hydrogen-bond donors (Lipinski definition) is 0. The van der Waals surface area contributed by atoms with Crippen LogP contribution >= 0.6 is 15.9 Å². The molecule has 0 aliphatic heterocycles. The predicted molar refractivity (Wildman–Crippen MR) is 111 cm³/mol. The van der Waals surface area contributed by atoms with E-state index in [0.29, 0.717) is 17.9 Å². The first-order valence-corrected chi connectivity index (χ1v) is 11.5. The molecule has 0 radical (unpaired) electrons. The van der Waals surface area contributed by atoms with E-state index in [-0.39, 0.29) is 10.2 Å². The van der Waals surface area contributed by atoms with Crippen molar-refractivity contribution in [1.29, 1.82) is 0 Å². The lowest BCUT2D eigenvalue weighted by Crippen LogP contribution is -2.37. The van der Waals surface area contributed by atoms with Crippen molar-refractivity contribution >= 4 is 32.6 Å². The Labute approximate surface area is 167 Å². The molecule has 3 aliphatic rings. The van der Waals surface area contributed by atoms with Gasteiger partial charge in [0.15, 0.2) is 0 Å². The van der Waals surface area contributed by atoms with Gasteiger partial charge in [-0.25, -0.2) is 4.21 Å². The average Bonchev–Trinajstić information content (AvgIpc) is 3.31. The number of nitrogens with zero attached hydrogens (tertiary/aromatic N) is 1. The highest BCUT2D eigenvalue weighted by atomic mass is 79.9. The molecule has 0 N–H and O–H groups in total. The van der Waals surface area contributed by atoms with Gasteiger partial charge in [-0.15, -0.1) is 0 Å². The Morgan fingerprint density at radius 3 is 2.58 bits per heavy atom. The van der Waals surface area contributed by atoms with Gasteiger partial charge in [-0.05, 0) is 81.5 Å². The minimum Gasteiger partial charge on any atom is -0.381 e. The molecule has 0 saturated heterocycles. The highest BCUT2D eigenvalue weighted by Gasteiger charge is 2.63. The van der Waals surface area contributed by atoms with Crippen LogP contribution in [0.15, 0.2) is 27.1 Å². The molecule has 0 aromatic heterocycles. The van der Waals surface area contributed by atoms with Crippen LogP contribution in [-0.4, -0.2) is 27.9 Å². The number of benzene rings is 1. The van der Waals surface area contributed by atoms with E-state index in [9.17, 15) is 4.21 Å². The molecular formula is C21H28BrNO2S. The molecule has 0 heterocycles. The molecule has 2 saturated carbocycles. The minimum absolute atomic E-state index is 0.279. The lowest BCUT2D eigenvalue weighted by Gasteiger charge is -2.42. The normalized spacial score (nSPS) is 35.9. The van der Waals surface area contributed by atoms with Gasteiger partial charge in [-0.3, -0.25) is 0 Å². The molecule has 1 aromatic rings. The molecule has 0 bridgehead atoms. The SMILES string of the molecule is COC1CCC2(CC1)Cc1ccc(Br)cc1C1C(=NS(=O)C(C)(C)C)C12. The molecule has 142 valence electrons. The van der Waals surface area contributed by atoms with Crippen molar-refractivity contribution in [2.75, 3.05) is 7.11 Å². The van der Waals surface area contributed by atoms with Gasteiger partial charge in [0.2, 0.25) is 0 Å². The third kappa shape index (κ3) is 3.14. The summed E-state index contributed by atoms with van der Waals surface area (Å²) in [4.78, 5) is 0. The van der Waals surface area contributed by atoms with Gasteiger partial charge < -0.3 is 4.74 Å². The van der Waals surface area contributed by atoms with Crippen molar-refractivity contribution in [3.05, 3.63) is 33.8 Å². The Morgan fingerprint density at radius 1 is 1.27 bits per heavy atom. The van der Waals surface area contributed by atoms with Crippen molar-refractivity contribution in [3.8, 4) is 0 Å². The van der Waals surface area contributed by atoms with E-state index in [1.165, 1.54) is 29.7 Å².